The Hall–Kier alpha value is -3.35. The van der Waals surface area contributed by atoms with E-state index in [9.17, 15) is 14.4 Å². The van der Waals surface area contributed by atoms with Gasteiger partial charge >= 0.3 is 11.7 Å². The number of esters is 1. The molecule has 0 fully saturated rings. The van der Waals surface area contributed by atoms with Crippen molar-refractivity contribution in [3.8, 4) is 0 Å². The molecule has 0 aliphatic heterocycles. The molecule has 134 valence electrons. The van der Waals surface area contributed by atoms with E-state index in [-0.39, 0.29) is 32.0 Å². The number of nitrogens with one attached hydrogen (secondary N) is 1. The van der Waals surface area contributed by atoms with Crippen molar-refractivity contribution in [1.82, 2.24) is 9.88 Å². The average Bonchev–Trinajstić information content (AvgIpc) is 2.99. The van der Waals surface area contributed by atoms with E-state index in [4.69, 9.17) is 9.15 Å². The Morgan fingerprint density at radius 3 is 2.58 bits per heavy atom. The Kier molecular flexibility index (Phi) is 5.48. The van der Waals surface area contributed by atoms with Crippen molar-refractivity contribution < 1.29 is 18.7 Å². The quantitative estimate of drug-likeness (QED) is 0.654. The number of amides is 1. The number of carbonyl (C=O) groups excluding carboxylic acids is 2. The van der Waals surface area contributed by atoms with Crippen LogP contribution in [0.2, 0.25) is 0 Å². The van der Waals surface area contributed by atoms with Gasteiger partial charge in [0.15, 0.2) is 5.58 Å². The Balaban J connectivity index is 1.44. The van der Waals surface area contributed by atoms with E-state index in [0.29, 0.717) is 11.1 Å². The molecule has 1 amide bonds. The molecule has 1 aromatic heterocycles. The zero-order chi connectivity index (χ0) is 18.4. The maximum atomic E-state index is 11.9. The summed E-state index contributed by atoms with van der Waals surface area (Å²) in [5, 5.41) is 2.49. The zero-order valence-corrected chi connectivity index (χ0v) is 14.0. The topological polar surface area (TPSA) is 90.5 Å². The normalized spacial score (nSPS) is 10.6. The first kappa shape index (κ1) is 17.5. The Morgan fingerprint density at radius 2 is 1.77 bits per heavy atom. The third kappa shape index (κ3) is 4.38. The van der Waals surface area contributed by atoms with Crippen molar-refractivity contribution in [2.75, 3.05) is 6.54 Å². The van der Waals surface area contributed by atoms with Gasteiger partial charge in [-0.2, -0.15) is 0 Å². The van der Waals surface area contributed by atoms with Crippen LogP contribution < -0.4 is 11.1 Å². The molecule has 0 aliphatic rings. The van der Waals surface area contributed by atoms with Crippen molar-refractivity contribution in [3.05, 3.63) is 70.7 Å². The van der Waals surface area contributed by atoms with Crippen LogP contribution in [0, 0.1) is 0 Å². The molecular formula is C19H18N2O5. The summed E-state index contributed by atoms with van der Waals surface area (Å²) < 4.78 is 11.6. The van der Waals surface area contributed by atoms with Crippen LogP contribution in [0.25, 0.3) is 11.1 Å². The number of aromatic nitrogens is 1. The number of rotatable bonds is 7. The summed E-state index contributed by atoms with van der Waals surface area (Å²) in [7, 11) is 0. The van der Waals surface area contributed by atoms with Gasteiger partial charge in [-0.05, 0) is 17.7 Å². The zero-order valence-electron chi connectivity index (χ0n) is 14.0. The lowest BCUT2D eigenvalue weighted by atomic mass is 10.2. The summed E-state index contributed by atoms with van der Waals surface area (Å²) in [6, 6.07) is 16.3. The molecule has 3 aromatic rings. The number of ether oxygens (including phenoxy) is 1. The molecule has 0 bridgehead atoms. The lowest BCUT2D eigenvalue weighted by Crippen LogP contribution is -2.31. The van der Waals surface area contributed by atoms with E-state index in [1.807, 2.05) is 30.3 Å². The minimum atomic E-state index is -0.520. The van der Waals surface area contributed by atoms with Crippen LogP contribution in [0.3, 0.4) is 0 Å². The van der Waals surface area contributed by atoms with Gasteiger partial charge in [0.2, 0.25) is 5.91 Å². The highest BCUT2D eigenvalue weighted by Gasteiger charge is 2.11. The molecule has 0 radical (unpaired) electrons. The van der Waals surface area contributed by atoms with Gasteiger partial charge in [0, 0.05) is 13.0 Å². The molecule has 1 heterocycles. The van der Waals surface area contributed by atoms with Crippen LogP contribution in [0.5, 0.6) is 0 Å². The first-order chi connectivity index (χ1) is 12.6. The number of nitrogens with zero attached hydrogens (tertiary/aromatic N) is 1. The number of hydrogen-bond donors (Lipinski definition) is 1. The van der Waals surface area contributed by atoms with Gasteiger partial charge in [0.05, 0.1) is 5.52 Å². The lowest BCUT2D eigenvalue weighted by Gasteiger charge is -2.07. The molecule has 7 nitrogen and oxygen atoms in total. The van der Waals surface area contributed by atoms with Gasteiger partial charge < -0.3 is 14.5 Å². The number of aryl methyl sites for hydroxylation is 1. The summed E-state index contributed by atoms with van der Waals surface area (Å²) in [4.78, 5) is 35.4. The third-order valence-electron chi connectivity index (χ3n) is 3.81. The van der Waals surface area contributed by atoms with Crippen molar-refractivity contribution in [1.29, 1.82) is 0 Å². The van der Waals surface area contributed by atoms with E-state index in [0.717, 1.165) is 5.56 Å². The number of fused-ring (bicyclic) bond motifs is 1. The maximum absolute atomic E-state index is 11.9. The van der Waals surface area contributed by atoms with Gasteiger partial charge in [-0.25, -0.2) is 4.79 Å². The average molecular weight is 354 g/mol. The van der Waals surface area contributed by atoms with Crippen molar-refractivity contribution in [2.24, 2.45) is 0 Å². The molecule has 26 heavy (non-hydrogen) atoms. The molecule has 0 atom stereocenters. The van der Waals surface area contributed by atoms with E-state index in [2.05, 4.69) is 5.32 Å². The molecule has 3 rings (SSSR count). The number of carbonyl (C=O) groups is 2. The first-order valence-electron chi connectivity index (χ1n) is 8.18. The number of para-hydroxylation sites is 2. The van der Waals surface area contributed by atoms with E-state index in [1.54, 1.807) is 24.3 Å². The van der Waals surface area contributed by atoms with Crippen molar-refractivity contribution in [3.63, 3.8) is 0 Å². The summed E-state index contributed by atoms with van der Waals surface area (Å²) >= 11 is 0. The fourth-order valence-electron chi connectivity index (χ4n) is 2.49. The largest absolute Gasteiger partial charge is 0.460 e. The van der Waals surface area contributed by atoms with Crippen LogP contribution in [-0.2, 0) is 27.5 Å². The molecule has 7 heteroatoms. The van der Waals surface area contributed by atoms with Crippen LogP contribution in [-0.4, -0.2) is 23.0 Å². The summed E-state index contributed by atoms with van der Waals surface area (Å²) in [6.07, 6.45) is 0.0510. The molecule has 1 N–H and O–H groups in total. The molecule has 0 saturated heterocycles. The van der Waals surface area contributed by atoms with Crippen LogP contribution in [0.1, 0.15) is 12.0 Å². The highest BCUT2D eigenvalue weighted by atomic mass is 16.5. The van der Waals surface area contributed by atoms with Crippen molar-refractivity contribution in [2.45, 2.75) is 19.6 Å². The monoisotopic (exact) mass is 354 g/mol. The highest BCUT2D eigenvalue weighted by molar-refractivity contribution is 5.82. The number of benzene rings is 2. The van der Waals surface area contributed by atoms with Crippen LogP contribution in [0.15, 0.2) is 63.8 Å². The van der Waals surface area contributed by atoms with Crippen LogP contribution >= 0.6 is 0 Å². The van der Waals surface area contributed by atoms with Gasteiger partial charge in [0.1, 0.15) is 13.2 Å². The lowest BCUT2D eigenvalue weighted by molar-refractivity contribution is -0.145. The van der Waals surface area contributed by atoms with Crippen LogP contribution in [0.4, 0.5) is 0 Å². The summed E-state index contributed by atoms with van der Waals surface area (Å²) in [5.74, 6) is -1.38. The summed E-state index contributed by atoms with van der Waals surface area (Å²) in [6.45, 7) is 0.111. The number of oxazole rings is 1. The first-order valence-corrected chi connectivity index (χ1v) is 8.18. The number of hydrogen-bond acceptors (Lipinski definition) is 5. The smallest absolute Gasteiger partial charge is 0.419 e. The highest BCUT2D eigenvalue weighted by Crippen LogP contribution is 2.11. The van der Waals surface area contributed by atoms with Gasteiger partial charge in [-0.15, -0.1) is 0 Å². The van der Waals surface area contributed by atoms with E-state index in [1.165, 1.54) is 4.57 Å². The van der Waals surface area contributed by atoms with Gasteiger partial charge in [0.25, 0.3) is 0 Å². The molecule has 2 aromatic carbocycles. The van der Waals surface area contributed by atoms with Gasteiger partial charge in [-0.3, -0.25) is 14.2 Å². The van der Waals surface area contributed by atoms with E-state index >= 15 is 0 Å². The molecule has 0 aliphatic carbocycles. The second-order valence-corrected chi connectivity index (χ2v) is 5.66. The SMILES string of the molecule is O=C(CCn1c(=O)oc2ccccc21)NCC(=O)OCc1ccccc1. The Labute approximate surface area is 149 Å². The predicted molar refractivity (Wildman–Crippen MR) is 94.3 cm³/mol. The Morgan fingerprint density at radius 1 is 1.04 bits per heavy atom. The van der Waals surface area contributed by atoms with Gasteiger partial charge in [-0.1, -0.05) is 42.5 Å². The molecule has 0 saturated carbocycles. The summed E-state index contributed by atoms with van der Waals surface area (Å²) in [5.41, 5.74) is 1.98. The van der Waals surface area contributed by atoms with Crippen molar-refractivity contribution >= 4 is 23.0 Å². The molecular weight excluding hydrogens is 336 g/mol. The second kappa shape index (κ2) is 8.15. The van der Waals surface area contributed by atoms with E-state index < -0.39 is 11.7 Å². The maximum Gasteiger partial charge on any atom is 0.419 e. The predicted octanol–water partition coefficient (Wildman–Crippen LogP) is 1.84. The minimum Gasteiger partial charge on any atom is -0.460 e. The fraction of sp³-hybridized carbons (Fsp3) is 0.211. The Bertz CT molecular complexity index is 959. The fourth-order valence-corrected chi connectivity index (χ4v) is 2.49. The standard InChI is InChI=1S/C19H18N2O5/c22-17(20-12-18(23)25-13-14-6-2-1-3-7-14)10-11-21-15-8-4-5-9-16(15)26-19(21)24/h1-9H,10-13H2,(H,20,22). The third-order valence-corrected chi connectivity index (χ3v) is 3.81. The molecule has 0 spiro atoms. The minimum absolute atomic E-state index is 0.0510. The molecule has 0 unspecified atom stereocenters. The second-order valence-electron chi connectivity index (χ2n) is 5.66.